The summed E-state index contributed by atoms with van der Waals surface area (Å²) in [5.41, 5.74) is -0.247. The van der Waals surface area contributed by atoms with Gasteiger partial charge in [-0.05, 0) is 36.4 Å². The van der Waals surface area contributed by atoms with Crippen LogP contribution in [0.4, 0.5) is 15.8 Å². The molecule has 0 spiro atoms. The quantitative estimate of drug-likeness (QED) is 0.487. The third-order valence-electron chi connectivity index (χ3n) is 3.96. The molecule has 11 heteroatoms. The van der Waals surface area contributed by atoms with Gasteiger partial charge in [-0.1, -0.05) is 13.8 Å². The van der Waals surface area contributed by atoms with Crippen LogP contribution in [-0.2, 0) is 14.8 Å². The molecule has 0 fully saturated rings. The highest BCUT2D eigenvalue weighted by Gasteiger charge is 2.26. The Labute approximate surface area is 167 Å². The lowest BCUT2D eigenvalue weighted by Crippen LogP contribution is -2.30. The number of hydrogen-bond donors (Lipinski definition) is 1. The number of carbonyl (C=O) groups is 1. The predicted octanol–water partition coefficient (Wildman–Crippen LogP) is 2.78. The minimum absolute atomic E-state index is 0.217. The van der Waals surface area contributed by atoms with Gasteiger partial charge in [-0.15, -0.1) is 0 Å². The average Bonchev–Trinajstić information content (AvgIpc) is 2.68. The predicted molar refractivity (Wildman–Crippen MR) is 104 cm³/mol. The van der Waals surface area contributed by atoms with Crippen LogP contribution >= 0.6 is 0 Å². The number of hydrogen-bond acceptors (Lipinski definition) is 6. The molecule has 2 rings (SSSR count). The minimum Gasteiger partial charge on any atom is -0.477 e. The van der Waals surface area contributed by atoms with E-state index in [0.29, 0.717) is 5.69 Å². The van der Waals surface area contributed by atoms with E-state index < -0.39 is 39.0 Å². The maximum Gasteiger partial charge on any atom is 0.312 e. The van der Waals surface area contributed by atoms with E-state index in [2.05, 4.69) is 5.32 Å². The third-order valence-corrected chi connectivity index (χ3v) is 6.00. The SMILES string of the molecule is CCN(CC)S(=O)(=O)c1ccc(OCC(=O)Nc2ccc(F)cc2)c([N+](=O)[O-])c1. The summed E-state index contributed by atoms with van der Waals surface area (Å²) in [6.45, 7) is 3.20. The molecule has 0 atom stereocenters. The molecule has 0 aliphatic rings. The van der Waals surface area contributed by atoms with Crippen molar-refractivity contribution >= 4 is 27.3 Å². The van der Waals surface area contributed by atoms with Gasteiger partial charge in [0.2, 0.25) is 10.0 Å². The minimum atomic E-state index is -3.89. The van der Waals surface area contributed by atoms with Gasteiger partial charge in [0.1, 0.15) is 5.82 Å². The van der Waals surface area contributed by atoms with Gasteiger partial charge < -0.3 is 10.1 Å². The van der Waals surface area contributed by atoms with Gasteiger partial charge in [0.05, 0.1) is 9.82 Å². The van der Waals surface area contributed by atoms with E-state index >= 15 is 0 Å². The first-order valence-electron chi connectivity index (χ1n) is 8.65. The van der Waals surface area contributed by atoms with E-state index in [0.717, 1.165) is 24.3 Å². The van der Waals surface area contributed by atoms with Crippen LogP contribution in [0.2, 0.25) is 0 Å². The lowest BCUT2D eigenvalue weighted by molar-refractivity contribution is -0.386. The van der Waals surface area contributed by atoms with Crippen molar-refractivity contribution in [2.45, 2.75) is 18.7 Å². The number of sulfonamides is 1. The first-order valence-corrected chi connectivity index (χ1v) is 10.1. The molecule has 0 unspecified atom stereocenters. The van der Waals surface area contributed by atoms with Crippen molar-refractivity contribution in [1.82, 2.24) is 4.31 Å². The van der Waals surface area contributed by atoms with Crippen molar-refractivity contribution in [3.05, 3.63) is 58.4 Å². The van der Waals surface area contributed by atoms with E-state index in [1.807, 2.05) is 0 Å². The van der Waals surface area contributed by atoms with Crippen molar-refractivity contribution in [2.75, 3.05) is 25.0 Å². The number of amides is 1. The summed E-state index contributed by atoms with van der Waals surface area (Å²) in [5, 5.41) is 13.8. The average molecular weight is 425 g/mol. The Bertz CT molecular complexity index is 991. The molecule has 0 radical (unpaired) electrons. The van der Waals surface area contributed by atoms with Crippen LogP contribution in [-0.4, -0.2) is 43.2 Å². The number of rotatable bonds is 9. The van der Waals surface area contributed by atoms with Crippen LogP contribution in [0.1, 0.15) is 13.8 Å². The van der Waals surface area contributed by atoms with Crippen LogP contribution < -0.4 is 10.1 Å². The summed E-state index contributed by atoms with van der Waals surface area (Å²) < 4.78 is 44.3. The highest BCUT2D eigenvalue weighted by Crippen LogP contribution is 2.31. The molecule has 0 saturated carbocycles. The molecule has 0 aliphatic heterocycles. The Kier molecular flexibility index (Phi) is 7.23. The van der Waals surface area contributed by atoms with Crippen molar-refractivity contribution in [3.63, 3.8) is 0 Å². The normalized spacial score (nSPS) is 11.3. The summed E-state index contributed by atoms with van der Waals surface area (Å²) >= 11 is 0. The monoisotopic (exact) mass is 425 g/mol. The van der Waals surface area contributed by atoms with Crippen LogP contribution in [0.5, 0.6) is 5.75 Å². The highest BCUT2D eigenvalue weighted by atomic mass is 32.2. The Morgan fingerprint density at radius 3 is 2.34 bits per heavy atom. The van der Waals surface area contributed by atoms with Crippen molar-refractivity contribution in [3.8, 4) is 5.75 Å². The molecule has 156 valence electrons. The Morgan fingerprint density at radius 1 is 1.17 bits per heavy atom. The molecule has 0 bridgehead atoms. The molecule has 2 aromatic carbocycles. The number of nitro benzene ring substituents is 1. The number of benzene rings is 2. The Morgan fingerprint density at radius 2 is 1.79 bits per heavy atom. The Hall–Kier alpha value is -3.05. The zero-order valence-corrected chi connectivity index (χ0v) is 16.6. The third kappa shape index (κ3) is 5.48. The molecule has 0 heterocycles. The van der Waals surface area contributed by atoms with E-state index in [9.17, 15) is 27.7 Å². The highest BCUT2D eigenvalue weighted by molar-refractivity contribution is 7.89. The molecular formula is C18H20FN3O6S. The van der Waals surface area contributed by atoms with Crippen molar-refractivity contribution < 1.29 is 27.3 Å². The standard InChI is InChI=1S/C18H20FN3O6S/c1-3-21(4-2)29(26,27)15-9-10-17(16(11-15)22(24)25)28-12-18(23)20-14-7-5-13(19)6-8-14/h5-11H,3-4,12H2,1-2H3,(H,20,23). The molecule has 2 aromatic rings. The second kappa shape index (κ2) is 9.43. The van der Waals surface area contributed by atoms with E-state index in [1.54, 1.807) is 13.8 Å². The van der Waals surface area contributed by atoms with Gasteiger partial charge in [-0.2, -0.15) is 4.31 Å². The zero-order chi connectivity index (χ0) is 21.6. The Balaban J connectivity index is 2.17. The largest absolute Gasteiger partial charge is 0.477 e. The molecule has 1 N–H and O–H groups in total. The molecule has 0 aromatic heterocycles. The number of nitro groups is 1. The number of nitrogens with one attached hydrogen (secondary N) is 1. The number of halogens is 1. The summed E-state index contributed by atoms with van der Waals surface area (Å²) in [4.78, 5) is 22.3. The first kappa shape index (κ1) is 22.2. The molecular weight excluding hydrogens is 405 g/mol. The van der Waals surface area contributed by atoms with Crippen LogP contribution in [0.15, 0.2) is 47.4 Å². The fraction of sp³-hybridized carbons (Fsp3) is 0.278. The van der Waals surface area contributed by atoms with E-state index in [-0.39, 0.29) is 23.7 Å². The fourth-order valence-electron chi connectivity index (χ4n) is 2.51. The van der Waals surface area contributed by atoms with E-state index in [1.165, 1.54) is 22.5 Å². The zero-order valence-electron chi connectivity index (χ0n) is 15.8. The van der Waals surface area contributed by atoms with Gasteiger partial charge in [0.15, 0.2) is 12.4 Å². The fourth-order valence-corrected chi connectivity index (χ4v) is 3.99. The number of nitrogens with zero attached hydrogens (tertiary/aromatic N) is 2. The maximum atomic E-state index is 12.9. The number of carbonyl (C=O) groups excluding carboxylic acids is 1. The lowest BCUT2D eigenvalue weighted by Gasteiger charge is -2.18. The number of ether oxygens (including phenoxy) is 1. The van der Waals surface area contributed by atoms with Crippen molar-refractivity contribution in [1.29, 1.82) is 0 Å². The van der Waals surface area contributed by atoms with Crippen LogP contribution in [0.25, 0.3) is 0 Å². The summed E-state index contributed by atoms with van der Waals surface area (Å²) in [6.07, 6.45) is 0. The van der Waals surface area contributed by atoms with Crippen LogP contribution in [0.3, 0.4) is 0 Å². The summed E-state index contributed by atoms with van der Waals surface area (Å²) in [5.74, 6) is -1.33. The van der Waals surface area contributed by atoms with Gasteiger partial charge in [-0.25, -0.2) is 12.8 Å². The molecule has 1 amide bonds. The van der Waals surface area contributed by atoms with Crippen LogP contribution in [0, 0.1) is 15.9 Å². The molecule has 0 saturated heterocycles. The smallest absolute Gasteiger partial charge is 0.312 e. The maximum absolute atomic E-state index is 12.9. The first-order chi connectivity index (χ1) is 13.7. The number of anilines is 1. The van der Waals surface area contributed by atoms with Gasteiger partial charge in [0.25, 0.3) is 5.91 Å². The van der Waals surface area contributed by atoms with Gasteiger partial charge in [0, 0.05) is 24.8 Å². The lowest BCUT2D eigenvalue weighted by atomic mass is 10.3. The second-order valence-electron chi connectivity index (χ2n) is 5.82. The molecule has 29 heavy (non-hydrogen) atoms. The summed E-state index contributed by atoms with van der Waals surface area (Å²) in [6, 6.07) is 8.26. The molecule has 9 nitrogen and oxygen atoms in total. The van der Waals surface area contributed by atoms with E-state index in [4.69, 9.17) is 4.74 Å². The van der Waals surface area contributed by atoms with Crippen molar-refractivity contribution in [2.24, 2.45) is 0 Å². The van der Waals surface area contributed by atoms with Gasteiger partial charge in [-0.3, -0.25) is 14.9 Å². The van der Waals surface area contributed by atoms with Gasteiger partial charge >= 0.3 is 5.69 Å². The second-order valence-corrected chi connectivity index (χ2v) is 7.76. The molecule has 0 aliphatic carbocycles. The topological polar surface area (TPSA) is 119 Å². The summed E-state index contributed by atoms with van der Waals surface area (Å²) in [7, 11) is -3.89.